The van der Waals surface area contributed by atoms with E-state index in [1.807, 2.05) is 0 Å². The zero-order chi connectivity index (χ0) is 26.5. The lowest BCUT2D eigenvalue weighted by molar-refractivity contribution is -0.143. The minimum Gasteiger partial charge on any atom is -0.480 e. The van der Waals surface area contributed by atoms with Crippen molar-refractivity contribution in [1.29, 1.82) is 0 Å². The first-order valence-electron chi connectivity index (χ1n) is 11.0. The number of thiol groups is 1. The molecule has 0 fully saturated rings. The number of aliphatic imine (C=N–C) groups is 1. The molecule has 196 valence electrons. The number of hydrogen-bond acceptors (Lipinski definition) is 8. The van der Waals surface area contributed by atoms with E-state index in [9.17, 15) is 24.3 Å². The number of nitrogens with one attached hydrogen (secondary N) is 4. The Labute approximate surface area is 208 Å². The van der Waals surface area contributed by atoms with E-state index >= 15 is 0 Å². The molecule has 4 atom stereocenters. The van der Waals surface area contributed by atoms with Gasteiger partial charge in [0.1, 0.15) is 18.1 Å². The first-order valence-corrected chi connectivity index (χ1v) is 11.6. The van der Waals surface area contributed by atoms with E-state index in [1.54, 1.807) is 13.8 Å². The number of carboxylic acids is 1. The van der Waals surface area contributed by atoms with Crippen molar-refractivity contribution in [2.24, 2.45) is 28.1 Å². The summed E-state index contributed by atoms with van der Waals surface area (Å²) in [4.78, 5) is 60.2. The highest BCUT2D eigenvalue weighted by atomic mass is 32.1. The van der Waals surface area contributed by atoms with Gasteiger partial charge in [-0.05, 0) is 18.8 Å². The number of hydrogen-bond donors (Lipinski definition) is 9. The maximum absolute atomic E-state index is 12.9. The fourth-order valence-corrected chi connectivity index (χ4v) is 3.27. The third-order valence-corrected chi connectivity index (χ3v) is 5.32. The van der Waals surface area contributed by atoms with Crippen molar-refractivity contribution in [2.75, 3.05) is 12.3 Å². The zero-order valence-corrected chi connectivity index (χ0v) is 20.6. The monoisotopic (exact) mass is 513 g/mol. The van der Waals surface area contributed by atoms with Gasteiger partial charge in [0.25, 0.3) is 0 Å². The predicted octanol–water partition coefficient (Wildman–Crippen LogP) is -2.54. The Bertz CT molecular complexity index is 874. The van der Waals surface area contributed by atoms with Gasteiger partial charge in [-0.15, -0.1) is 0 Å². The highest BCUT2D eigenvalue weighted by molar-refractivity contribution is 7.80. The van der Waals surface area contributed by atoms with Gasteiger partial charge in [0.15, 0.2) is 5.96 Å². The van der Waals surface area contributed by atoms with E-state index in [-0.39, 0.29) is 31.1 Å². The van der Waals surface area contributed by atoms with E-state index in [2.05, 4.69) is 43.5 Å². The lowest BCUT2D eigenvalue weighted by atomic mass is 10.0. The average molecular weight is 514 g/mol. The SMILES string of the molecule is CC(C)C(NC(=O)C(CCCN=C(N)N)NC(=O)C(CS)NC(=O)C(N)Cc1cnc[nH]1)C(=O)O. The Hall–Kier alpha value is -3.33. The van der Waals surface area contributed by atoms with Gasteiger partial charge < -0.3 is 43.2 Å². The number of H-pyrrole nitrogens is 1. The molecule has 35 heavy (non-hydrogen) atoms. The number of carbonyl (C=O) groups excluding carboxylic acids is 3. The first kappa shape index (κ1) is 29.7. The molecule has 0 aliphatic carbocycles. The maximum Gasteiger partial charge on any atom is 0.326 e. The summed E-state index contributed by atoms with van der Waals surface area (Å²) in [5.41, 5.74) is 17.2. The van der Waals surface area contributed by atoms with E-state index < -0.39 is 53.8 Å². The molecule has 0 saturated heterocycles. The number of nitrogens with two attached hydrogens (primary N) is 3. The van der Waals surface area contributed by atoms with Crippen LogP contribution in [-0.2, 0) is 25.6 Å². The summed E-state index contributed by atoms with van der Waals surface area (Å²) in [5.74, 6) is -3.75. The quantitative estimate of drug-likeness (QED) is 0.0518. The van der Waals surface area contributed by atoms with Crippen molar-refractivity contribution in [1.82, 2.24) is 25.9 Å². The normalized spacial score (nSPS) is 14.3. The van der Waals surface area contributed by atoms with Gasteiger partial charge in [-0.2, -0.15) is 12.6 Å². The summed E-state index contributed by atoms with van der Waals surface area (Å²) in [5, 5.41) is 16.9. The number of nitrogens with zero attached hydrogens (tertiary/aromatic N) is 2. The Morgan fingerprint density at radius 3 is 2.26 bits per heavy atom. The van der Waals surface area contributed by atoms with Crippen molar-refractivity contribution in [3.05, 3.63) is 18.2 Å². The first-order chi connectivity index (χ1) is 16.5. The molecule has 0 spiro atoms. The third kappa shape index (κ3) is 10.6. The van der Waals surface area contributed by atoms with Crippen LogP contribution < -0.4 is 33.2 Å². The van der Waals surface area contributed by atoms with Crippen LogP contribution in [0.15, 0.2) is 17.5 Å². The van der Waals surface area contributed by atoms with Gasteiger partial charge in [-0.3, -0.25) is 19.4 Å². The molecule has 0 saturated carbocycles. The lowest BCUT2D eigenvalue weighted by Crippen LogP contribution is -2.58. The smallest absolute Gasteiger partial charge is 0.326 e. The minimum absolute atomic E-state index is 0.0690. The maximum atomic E-state index is 12.9. The van der Waals surface area contributed by atoms with Gasteiger partial charge in [0.05, 0.1) is 12.4 Å². The standard InChI is InChI=1S/C20H35N9O5S/c1-10(2)15(19(33)34)29-17(31)13(4-3-5-25-20(22)23)27-18(32)14(8-35)28-16(30)12(21)6-11-7-24-9-26-11/h7,9-10,12-15,35H,3-6,8,21H2,1-2H3,(H,24,26)(H,27,32)(H,28,30)(H,29,31)(H,33,34)(H4,22,23,25). The molecule has 1 aromatic heterocycles. The number of amides is 3. The molecule has 15 heteroatoms. The number of carbonyl (C=O) groups is 4. The molecule has 4 unspecified atom stereocenters. The molecule has 0 aliphatic heterocycles. The molecule has 3 amide bonds. The summed E-state index contributed by atoms with van der Waals surface area (Å²) < 4.78 is 0. The van der Waals surface area contributed by atoms with Crippen LogP contribution in [0, 0.1) is 5.92 Å². The van der Waals surface area contributed by atoms with Crippen molar-refractivity contribution in [3.8, 4) is 0 Å². The van der Waals surface area contributed by atoms with Gasteiger partial charge >= 0.3 is 5.97 Å². The third-order valence-electron chi connectivity index (χ3n) is 4.96. The lowest BCUT2D eigenvalue weighted by Gasteiger charge is -2.25. The summed E-state index contributed by atoms with van der Waals surface area (Å²) in [6.45, 7) is 3.48. The molecule has 11 N–H and O–H groups in total. The summed E-state index contributed by atoms with van der Waals surface area (Å²) in [7, 11) is 0. The summed E-state index contributed by atoms with van der Waals surface area (Å²) in [6, 6.07) is -4.30. The Morgan fingerprint density at radius 2 is 1.74 bits per heavy atom. The van der Waals surface area contributed by atoms with Gasteiger partial charge in [0.2, 0.25) is 17.7 Å². The fraction of sp³-hybridized carbons (Fsp3) is 0.600. The van der Waals surface area contributed by atoms with Crippen LogP contribution in [0.1, 0.15) is 32.4 Å². The molecule has 0 bridgehead atoms. The van der Waals surface area contributed by atoms with Crippen molar-refractivity contribution < 1.29 is 24.3 Å². The van der Waals surface area contributed by atoms with Crippen LogP contribution in [-0.4, -0.2) is 81.2 Å². The van der Waals surface area contributed by atoms with E-state index in [0.29, 0.717) is 12.1 Å². The second kappa shape index (κ2) is 14.8. The van der Waals surface area contributed by atoms with Gasteiger partial charge in [0, 0.05) is 30.6 Å². The molecular weight excluding hydrogens is 478 g/mol. The molecule has 1 rings (SSSR count). The second-order valence-electron chi connectivity index (χ2n) is 8.21. The number of aliphatic carboxylic acids is 1. The minimum atomic E-state index is -1.20. The number of carboxylic acid groups (broad SMARTS) is 1. The van der Waals surface area contributed by atoms with Crippen molar-refractivity contribution in [3.63, 3.8) is 0 Å². The number of aromatic nitrogens is 2. The van der Waals surface area contributed by atoms with Crippen LogP contribution in [0.5, 0.6) is 0 Å². The Morgan fingerprint density at radius 1 is 1.11 bits per heavy atom. The number of imidazole rings is 1. The van der Waals surface area contributed by atoms with Crippen LogP contribution in [0.25, 0.3) is 0 Å². The van der Waals surface area contributed by atoms with Crippen LogP contribution in [0.2, 0.25) is 0 Å². The van der Waals surface area contributed by atoms with E-state index in [1.165, 1.54) is 12.5 Å². The number of aromatic amines is 1. The Balaban J connectivity index is 2.87. The number of rotatable bonds is 15. The van der Waals surface area contributed by atoms with Crippen LogP contribution in [0.4, 0.5) is 0 Å². The molecular formula is C20H35N9O5S. The zero-order valence-electron chi connectivity index (χ0n) is 19.7. The largest absolute Gasteiger partial charge is 0.480 e. The number of guanidine groups is 1. The Kier molecular flexibility index (Phi) is 12.6. The molecule has 0 radical (unpaired) electrons. The fourth-order valence-electron chi connectivity index (χ4n) is 3.01. The molecule has 1 heterocycles. The van der Waals surface area contributed by atoms with Crippen molar-refractivity contribution in [2.45, 2.75) is 57.3 Å². The average Bonchev–Trinajstić information content (AvgIpc) is 3.29. The topological polar surface area (TPSA) is 244 Å². The van der Waals surface area contributed by atoms with Crippen molar-refractivity contribution >= 4 is 42.3 Å². The predicted molar refractivity (Wildman–Crippen MR) is 132 cm³/mol. The highest BCUT2D eigenvalue weighted by Crippen LogP contribution is 2.06. The van der Waals surface area contributed by atoms with E-state index in [0.717, 1.165) is 0 Å². The second-order valence-corrected chi connectivity index (χ2v) is 8.57. The van der Waals surface area contributed by atoms with Gasteiger partial charge in [-0.1, -0.05) is 13.8 Å². The van der Waals surface area contributed by atoms with Crippen LogP contribution in [0.3, 0.4) is 0 Å². The summed E-state index contributed by atoms with van der Waals surface area (Å²) in [6.07, 6.45) is 3.60. The van der Waals surface area contributed by atoms with E-state index in [4.69, 9.17) is 17.2 Å². The summed E-state index contributed by atoms with van der Waals surface area (Å²) >= 11 is 4.12. The molecule has 14 nitrogen and oxygen atoms in total. The van der Waals surface area contributed by atoms with Gasteiger partial charge in [-0.25, -0.2) is 9.78 Å². The van der Waals surface area contributed by atoms with Crippen LogP contribution >= 0.6 is 12.6 Å². The molecule has 0 aromatic carbocycles. The molecule has 1 aromatic rings. The molecule has 0 aliphatic rings. The highest BCUT2D eigenvalue weighted by Gasteiger charge is 2.30.